The summed E-state index contributed by atoms with van der Waals surface area (Å²) in [5, 5.41) is 0. The van der Waals surface area contributed by atoms with Crippen molar-refractivity contribution in [2.24, 2.45) is 5.92 Å². The second-order valence-electron chi connectivity index (χ2n) is 4.54. The highest BCUT2D eigenvalue weighted by Crippen LogP contribution is 2.15. The number of methoxy groups -OCH3 is 2. The number of hydrogen-bond acceptors (Lipinski definition) is 4. The van der Waals surface area contributed by atoms with Gasteiger partial charge in [0, 0.05) is 33.9 Å². The van der Waals surface area contributed by atoms with Gasteiger partial charge in [-0.1, -0.05) is 0 Å². The largest absolute Gasteiger partial charge is 0.355 e. The van der Waals surface area contributed by atoms with Crippen LogP contribution < -0.4 is 0 Å². The van der Waals surface area contributed by atoms with E-state index in [0.717, 1.165) is 19.0 Å². The summed E-state index contributed by atoms with van der Waals surface area (Å²) in [6, 6.07) is 0. The molecule has 0 aromatic carbocycles. The summed E-state index contributed by atoms with van der Waals surface area (Å²) in [6.07, 6.45) is 1.21. The van der Waals surface area contributed by atoms with Crippen molar-refractivity contribution in [2.45, 2.75) is 12.7 Å². The molecule has 1 unspecified atom stereocenters. The Hall–Kier alpha value is -0.160. The van der Waals surface area contributed by atoms with Crippen LogP contribution in [-0.2, 0) is 9.47 Å². The summed E-state index contributed by atoms with van der Waals surface area (Å²) in [6.45, 7) is 4.42. The zero-order valence-electron chi connectivity index (χ0n) is 10.4. The van der Waals surface area contributed by atoms with Crippen LogP contribution in [0.25, 0.3) is 0 Å². The highest BCUT2D eigenvalue weighted by molar-refractivity contribution is 4.75. The van der Waals surface area contributed by atoms with Gasteiger partial charge < -0.3 is 19.3 Å². The summed E-state index contributed by atoms with van der Waals surface area (Å²) >= 11 is 0. The Morgan fingerprint density at radius 2 is 2.07 bits per heavy atom. The van der Waals surface area contributed by atoms with Crippen molar-refractivity contribution in [3.05, 3.63) is 0 Å². The van der Waals surface area contributed by atoms with Gasteiger partial charge in [-0.3, -0.25) is 0 Å². The molecule has 1 saturated heterocycles. The number of ether oxygens (including phenoxy) is 2. The molecule has 0 radical (unpaired) electrons. The Kier molecular flexibility index (Phi) is 5.53. The van der Waals surface area contributed by atoms with E-state index in [-0.39, 0.29) is 6.29 Å². The number of likely N-dealkylation sites (N-methyl/N-ethyl adjacent to an activating group) is 1. The monoisotopic (exact) mass is 216 g/mol. The van der Waals surface area contributed by atoms with Crippen molar-refractivity contribution in [1.82, 2.24) is 9.80 Å². The predicted octanol–water partition coefficient (Wildman–Crippen LogP) is 0.489. The first-order valence-corrected chi connectivity index (χ1v) is 5.58. The van der Waals surface area contributed by atoms with Gasteiger partial charge >= 0.3 is 0 Å². The molecule has 0 aromatic rings. The van der Waals surface area contributed by atoms with Crippen LogP contribution in [0.5, 0.6) is 0 Å². The highest BCUT2D eigenvalue weighted by atomic mass is 16.7. The minimum absolute atomic E-state index is 0.103. The van der Waals surface area contributed by atoms with E-state index in [4.69, 9.17) is 9.47 Å². The Morgan fingerprint density at radius 1 is 1.40 bits per heavy atom. The first kappa shape index (κ1) is 12.9. The topological polar surface area (TPSA) is 24.9 Å². The lowest BCUT2D eigenvalue weighted by Crippen LogP contribution is -2.35. The van der Waals surface area contributed by atoms with E-state index in [1.165, 1.54) is 19.5 Å². The molecular weight excluding hydrogens is 192 g/mol. The molecule has 90 valence electrons. The molecule has 0 N–H and O–H groups in total. The van der Waals surface area contributed by atoms with Crippen LogP contribution >= 0.6 is 0 Å². The molecule has 0 amide bonds. The minimum Gasteiger partial charge on any atom is -0.355 e. The maximum absolute atomic E-state index is 5.18. The zero-order valence-corrected chi connectivity index (χ0v) is 10.4. The molecule has 1 fully saturated rings. The molecule has 1 aliphatic rings. The Morgan fingerprint density at radius 3 is 2.53 bits per heavy atom. The molecule has 0 aliphatic carbocycles. The van der Waals surface area contributed by atoms with Crippen molar-refractivity contribution < 1.29 is 9.47 Å². The summed E-state index contributed by atoms with van der Waals surface area (Å²) in [5.74, 6) is 0.800. The van der Waals surface area contributed by atoms with E-state index in [2.05, 4.69) is 23.9 Å². The van der Waals surface area contributed by atoms with Crippen molar-refractivity contribution in [2.75, 3.05) is 54.5 Å². The normalized spacial score (nSPS) is 23.2. The smallest absolute Gasteiger partial charge is 0.169 e. The fourth-order valence-corrected chi connectivity index (χ4v) is 2.19. The zero-order chi connectivity index (χ0) is 11.3. The standard InChI is InChI=1S/C11H24N2O2/c1-12-6-5-10(7-12)8-13(2)9-11(14-3)15-4/h10-11H,5-9H2,1-4H3. The third kappa shape index (κ3) is 4.47. The first-order valence-electron chi connectivity index (χ1n) is 5.58. The van der Waals surface area contributed by atoms with Gasteiger partial charge in [0.2, 0.25) is 0 Å². The Labute approximate surface area is 93.1 Å². The van der Waals surface area contributed by atoms with Crippen LogP contribution in [0.2, 0.25) is 0 Å². The highest BCUT2D eigenvalue weighted by Gasteiger charge is 2.21. The molecule has 1 heterocycles. The van der Waals surface area contributed by atoms with E-state index in [1.54, 1.807) is 14.2 Å². The quantitative estimate of drug-likeness (QED) is 0.603. The number of hydrogen-bond donors (Lipinski definition) is 0. The Balaban J connectivity index is 2.20. The molecule has 4 nitrogen and oxygen atoms in total. The SMILES string of the molecule is COC(CN(C)CC1CCN(C)C1)OC. The van der Waals surface area contributed by atoms with Gasteiger partial charge in [-0.2, -0.15) is 0 Å². The van der Waals surface area contributed by atoms with E-state index in [0.29, 0.717) is 0 Å². The average Bonchev–Trinajstić information content (AvgIpc) is 2.60. The molecule has 1 rings (SSSR count). The lowest BCUT2D eigenvalue weighted by atomic mass is 10.1. The molecule has 0 bridgehead atoms. The first-order chi connectivity index (χ1) is 7.15. The Bertz CT molecular complexity index is 174. The summed E-state index contributed by atoms with van der Waals surface area (Å²) in [4.78, 5) is 4.68. The fraction of sp³-hybridized carbons (Fsp3) is 1.00. The van der Waals surface area contributed by atoms with Gasteiger partial charge in [-0.25, -0.2) is 0 Å². The van der Waals surface area contributed by atoms with Crippen LogP contribution in [0.15, 0.2) is 0 Å². The van der Waals surface area contributed by atoms with Gasteiger partial charge in [-0.05, 0) is 33.0 Å². The van der Waals surface area contributed by atoms with E-state index in [9.17, 15) is 0 Å². The van der Waals surface area contributed by atoms with Crippen molar-refractivity contribution in [1.29, 1.82) is 0 Å². The van der Waals surface area contributed by atoms with Crippen molar-refractivity contribution in [3.8, 4) is 0 Å². The van der Waals surface area contributed by atoms with Gasteiger partial charge in [0.25, 0.3) is 0 Å². The van der Waals surface area contributed by atoms with Gasteiger partial charge in [0.05, 0.1) is 0 Å². The molecule has 0 spiro atoms. The number of rotatable bonds is 6. The molecule has 0 saturated carbocycles. The molecule has 1 atom stereocenters. The van der Waals surface area contributed by atoms with Crippen LogP contribution in [0.3, 0.4) is 0 Å². The summed E-state index contributed by atoms with van der Waals surface area (Å²) in [5.41, 5.74) is 0. The maximum atomic E-state index is 5.18. The average molecular weight is 216 g/mol. The third-order valence-electron chi connectivity index (χ3n) is 3.05. The van der Waals surface area contributed by atoms with Crippen LogP contribution in [0.1, 0.15) is 6.42 Å². The van der Waals surface area contributed by atoms with Gasteiger partial charge in [0.15, 0.2) is 6.29 Å². The molecule has 0 aromatic heterocycles. The number of nitrogens with zero attached hydrogens (tertiary/aromatic N) is 2. The maximum Gasteiger partial charge on any atom is 0.169 e. The molecular formula is C11H24N2O2. The minimum atomic E-state index is -0.103. The molecule has 1 aliphatic heterocycles. The second kappa shape index (κ2) is 6.43. The van der Waals surface area contributed by atoms with E-state index in [1.807, 2.05) is 0 Å². The van der Waals surface area contributed by atoms with Crippen LogP contribution in [0, 0.1) is 5.92 Å². The van der Waals surface area contributed by atoms with E-state index < -0.39 is 0 Å². The summed E-state index contributed by atoms with van der Waals surface area (Å²) < 4.78 is 10.4. The van der Waals surface area contributed by atoms with Crippen molar-refractivity contribution in [3.63, 3.8) is 0 Å². The summed E-state index contributed by atoms with van der Waals surface area (Å²) in [7, 11) is 7.69. The predicted molar refractivity (Wildman–Crippen MR) is 60.9 cm³/mol. The lowest BCUT2D eigenvalue weighted by Gasteiger charge is -2.24. The third-order valence-corrected chi connectivity index (χ3v) is 3.05. The van der Waals surface area contributed by atoms with E-state index >= 15 is 0 Å². The molecule has 4 heteroatoms. The lowest BCUT2D eigenvalue weighted by molar-refractivity contribution is -0.114. The van der Waals surface area contributed by atoms with Gasteiger partial charge in [-0.15, -0.1) is 0 Å². The van der Waals surface area contributed by atoms with Crippen LogP contribution in [0.4, 0.5) is 0 Å². The second-order valence-corrected chi connectivity index (χ2v) is 4.54. The van der Waals surface area contributed by atoms with Gasteiger partial charge in [0.1, 0.15) is 0 Å². The fourth-order valence-electron chi connectivity index (χ4n) is 2.19. The van der Waals surface area contributed by atoms with Crippen LogP contribution in [-0.4, -0.2) is 70.6 Å². The number of likely N-dealkylation sites (tertiary alicyclic amines) is 1. The molecule has 15 heavy (non-hydrogen) atoms. The van der Waals surface area contributed by atoms with Crippen molar-refractivity contribution >= 4 is 0 Å².